The van der Waals surface area contributed by atoms with E-state index in [-0.39, 0.29) is 23.2 Å². The molecule has 1 aromatic heterocycles. The molecular formula is C31H42FN3O2. The molecule has 2 unspecified atom stereocenters. The van der Waals surface area contributed by atoms with Crippen molar-refractivity contribution < 1.29 is 13.9 Å². The Bertz CT molecular complexity index is 1160. The number of halogens is 1. The van der Waals surface area contributed by atoms with Gasteiger partial charge in [0.25, 0.3) is 0 Å². The Kier molecular flexibility index (Phi) is 9.90. The average molecular weight is 508 g/mol. The normalized spacial score (nSPS) is 13.3. The Hall–Kier alpha value is -3.15. The average Bonchev–Trinajstić information content (AvgIpc) is 2.83. The maximum absolute atomic E-state index is 13.4. The van der Waals surface area contributed by atoms with E-state index in [1.807, 2.05) is 29.2 Å². The van der Waals surface area contributed by atoms with Crippen LogP contribution in [0.5, 0.6) is 5.75 Å². The fraction of sp³-hybridized carbons (Fsp3) is 0.484. The van der Waals surface area contributed by atoms with Crippen molar-refractivity contribution in [1.29, 1.82) is 0 Å². The molecule has 3 aromatic rings. The third-order valence-corrected chi connectivity index (χ3v) is 6.50. The summed E-state index contributed by atoms with van der Waals surface area (Å²) < 4.78 is 18.9. The second-order valence-corrected chi connectivity index (χ2v) is 11.5. The summed E-state index contributed by atoms with van der Waals surface area (Å²) in [7, 11) is 1.67. The van der Waals surface area contributed by atoms with Crippen LogP contribution in [0.25, 0.3) is 10.9 Å². The standard InChI is InChI=1S/C31H42FN3O2/c1-22(20-31(3,4)5)17-29(36)35(21-24-11-13-26(32)14-12-24)16-8-9-23(2)34-28-19-27(37-6)18-25-10-7-15-33-30(25)28/h7,10-15,18-19,22-23,34H,8-9,16-17,20-21H2,1-6H3. The highest BCUT2D eigenvalue weighted by Crippen LogP contribution is 2.29. The molecule has 0 radical (unpaired) electrons. The summed E-state index contributed by atoms with van der Waals surface area (Å²) in [6.45, 7) is 12.1. The third-order valence-electron chi connectivity index (χ3n) is 6.50. The van der Waals surface area contributed by atoms with Crippen LogP contribution in [0.3, 0.4) is 0 Å². The number of benzene rings is 2. The van der Waals surface area contributed by atoms with Crippen LogP contribution in [0.15, 0.2) is 54.7 Å². The Labute approximate surface area is 221 Å². The molecule has 0 bridgehead atoms. The maximum atomic E-state index is 13.4. The summed E-state index contributed by atoms with van der Waals surface area (Å²) in [5, 5.41) is 4.61. The van der Waals surface area contributed by atoms with Crippen LogP contribution >= 0.6 is 0 Å². The van der Waals surface area contributed by atoms with Crippen LogP contribution in [0.4, 0.5) is 10.1 Å². The van der Waals surface area contributed by atoms with E-state index in [2.05, 4.69) is 44.9 Å². The molecule has 0 aliphatic rings. The summed E-state index contributed by atoms with van der Waals surface area (Å²) in [6, 6.07) is 14.5. The van der Waals surface area contributed by atoms with Crippen LogP contribution in [0.1, 0.15) is 65.9 Å². The first-order valence-electron chi connectivity index (χ1n) is 13.3. The molecule has 0 aliphatic heterocycles. The Morgan fingerprint density at radius 2 is 1.86 bits per heavy atom. The van der Waals surface area contributed by atoms with Crippen molar-refractivity contribution in [1.82, 2.24) is 9.88 Å². The summed E-state index contributed by atoms with van der Waals surface area (Å²) >= 11 is 0. The molecule has 6 heteroatoms. The highest BCUT2D eigenvalue weighted by atomic mass is 19.1. The number of nitrogens with one attached hydrogen (secondary N) is 1. The number of amides is 1. The Morgan fingerprint density at radius 1 is 1.14 bits per heavy atom. The maximum Gasteiger partial charge on any atom is 0.223 e. The monoisotopic (exact) mass is 507 g/mol. The van der Waals surface area contributed by atoms with Gasteiger partial charge < -0.3 is 15.0 Å². The van der Waals surface area contributed by atoms with Crippen molar-refractivity contribution in [2.24, 2.45) is 11.3 Å². The molecule has 0 aliphatic carbocycles. The topological polar surface area (TPSA) is 54.5 Å². The number of nitrogens with zero attached hydrogens (tertiary/aromatic N) is 2. The van der Waals surface area contributed by atoms with Gasteiger partial charge >= 0.3 is 0 Å². The van der Waals surface area contributed by atoms with Crippen LogP contribution in [0, 0.1) is 17.2 Å². The van der Waals surface area contributed by atoms with Crippen molar-refractivity contribution in [3.8, 4) is 5.75 Å². The zero-order valence-electron chi connectivity index (χ0n) is 23.2. The number of carbonyl (C=O) groups excluding carboxylic acids is 1. The molecule has 0 saturated heterocycles. The smallest absolute Gasteiger partial charge is 0.223 e. The number of fused-ring (bicyclic) bond motifs is 1. The van der Waals surface area contributed by atoms with Gasteiger partial charge in [0.1, 0.15) is 11.6 Å². The quantitative estimate of drug-likeness (QED) is 0.277. The van der Waals surface area contributed by atoms with E-state index in [0.717, 1.165) is 47.2 Å². The van der Waals surface area contributed by atoms with E-state index < -0.39 is 0 Å². The molecule has 1 N–H and O–H groups in total. The van der Waals surface area contributed by atoms with Crippen molar-refractivity contribution >= 4 is 22.5 Å². The SMILES string of the molecule is COc1cc(NC(C)CCCN(Cc2ccc(F)cc2)C(=O)CC(C)CC(C)(C)C)c2ncccc2c1. The fourth-order valence-corrected chi connectivity index (χ4v) is 4.97. The summed E-state index contributed by atoms with van der Waals surface area (Å²) in [6.07, 6.45) is 5.05. The molecule has 3 rings (SSSR count). The first-order chi connectivity index (χ1) is 17.5. The van der Waals surface area contributed by atoms with Crippen LogP contribution in [-0.4, -0.2) is 35.5 Å². The van der Waals surface area contributed by atoms with Crippen molar-refractivity contribution in [3.63, 3.8) is 0 Å². The number of anilines is 1. The van der Waals surface area contributed by atoms with Gasteiger partial charge in [-0.05, 0) is 67.3 Å². The Balaban J connectivity index is 1.64. The van der Waals surface area contributed by atoms with E-state index in [0.29, 0.717) is 25.4 Å². The number of carbonyl (C=O) groups is 1. The first kappa shape index (κ1) is 28.4. The number of methoxy groups -OCH3 is 1. The molecule has 200 valence electrons. The number of rotatable bonds is 12. The second-order valence-electron chi connectivity index (χ2n) is 11.5. The van der Waals surface area contributed by atoms with E-state index in [1.165, 1.54) is 12.1 Å². The van der Waals surface area contributed by atoms with Gasteiger partial charge in [-0.25, -0.2) is 4.39 Å². The minimum atomic E-state index is -0.264. The molecule has 0 spiro atoms. The molecular weight excluding hydrogens is 465 g/mol. The molecule has 37 heavy (non-hydrogen) atoms. The van der Waals surface area contributed by atoms with Crippen molar-refractivity contribution in [3.05, 3.63) is 66.1 Å². The number of hydrogen-bond acceptors (Lipinski definition) is 4. The highest BCUT2D eigenvalue weighted by molar-refractivity contribution is 5.91. The van der Waals surface area contributed by atoms with Gasteiger partial charge in [0.2, 0.25) is 5.91 Å². The predicted molar refractivity (Wildman–Crippen MR) is 150 cm³/mol. The van der Waals surface area contributed by atoms with Gasteiger partial charge in [0.05, 0.1) is 18.3 Å². The molecule has 5 nitrogen and oxygen atoms in total. The van der Waals surface area contributed by atoms with E-state index >= 15 is 0 Å². The summed E-state index contributed by atoms with van der Waals surface area (Å²) in [5.41, 5.74) is 2.98. The highest BCUT2D eigenvalue weighted by Gasteiger charge is 2.21. The van der Waals surface area contributed by atoms with Crippen molar-refractivity contribution in [2.45, 2.75) is 72.9 Å². The lowest BCUT2D eigenvalue weighted by atomic mass is 9.84. The number of hydrogen-bond donors (Lipinski definition) is 1. The van der Waals surface area contributed by atoms with Crippen LogP contribution in [-0.2, 0) is 11.3 Å². The zero-order chi connectivity index (χ0) is 27.0. The number of ether oxygens (including phenoxy) is 1. The minimum Gasteiger partial charge on any atom is -0.497 e. The van der Waals surface area contributed by atoms with Crippen LogP contribution < -0.4 is 10.1 Å². The van der Waals surface area contributed by atoms with E-state index in [1.54, 1.807) is 25.4 Å². The lowest BCUT2D eigenvalue weighted by Gasteiger charge is -2.28. The molecule has 2 aromatic carbocycles. The third kappa shape index (κ3) is 9.03. The van der Waals surface area contributed by atoms with Gasteiger partial charge in [0.15, 0.2) is 0 Å². The van der Waals surface area contributed by atoms with E-state index in [4.69, 9.17) is 4.74 Å². The summed E-state index contributed by atoms with van der Waals surface area (Å²) in [4.78, 5) is 19.8. The largest absolute Gasteiger partial charge is 0.497 e. The molecule has 1 amide bonds. The van der Waals surface area contributed by atoms with E-state index in [9.17, 15) is 9.18 Å². The van der Waals surface area contributed by atoms with Gasteiger partial charge in [-0.15, -0.1) is 0 Å². The molecule has 0 saturated carbocycles. The Morgan fingerprint density at radius 3 is 2.54 bits per heavy atom. The minimum absolute atomic E-state index is 0.157. The second kappa shape index (κ2) is 12.9. The van der Waals surface area contributed by atoms with Gasteiger partial charge in [0, 0.05) is 43.2 Å². The first-order valence-corrected chi connectivity index (χ1v) is 13.3. The number of pyridine rings is 1. The van der Waals surface area contributed by atoms with Crippen LogP contribution in [0.2, 0.25) is 0 Å². The lowest BCUT2D eigenvalue weighted by Crippen LogP contribution is -2.33. The predicted octanol–water partition coefficient (Wildman–Crippen LogP) is 7.45. The molecule has 1 heterocycles. The number of aromatic nitrogens is 1. The van der Waals surface area contributed by atoms with Crippen molar-refractivity contribution in [2.75, 3.05) is 19.0 Å². The molecule has 2 atom stereocenters. The van der Waals surface area contributed by atoms with Gasteiger partial charge in [-0.2, -0.15) is 0 Å². The zero-order valence-corrected chi connectivity index (χ0v) is 23.2. The van der Waals surface area contributed by atoms with Gasteiger partial charge in [-0.3, -0.25) is 9.78 Å². The fourth-order valence-electron chi connectivity index (χ4n) is 4.97. The van der Waals surface area contributed by atoms with Gasteiger partial charge in [-0.1, -0.05) is 45.9 Å². The summed E-state index contributed by atoms with van der Waals surface area (Å²) in [5.74, 6) is 0.984. The lowest BCUT2D eigenvalue weighted by molar-refractivity contribution is -0.133. The molecule has 0 fully saturated rings.